The molecule has 0 unspecified atom stereocenters. The van der Waals surface area contributed by atoms with Crippen LogP contribution in [0.3, 0.4) is 0 Å². The molecule has 0 aliphatic carbocycles. The van der Waals surface area contributed by atoms with Gasteiger partial charge in [-0.3, -0.25) is 0 Å². The minimum absolute atomic E-state index is 0.0479. The van der Waals surface area contributed by atoms with E-state index in [1.807, 2.05) is 19.3 Å². The number of aryl methyl sites for hydroxylation is 1. The third-order valence-corrected chi connectivity index (χ3v) is 2.89. The molecule has 1 atom stereocenters. The van der Waals surface area contributed by atoms with E-state index in [0.29, 0.717) is 13.2 Å². The van der Waals surface area contributed by atoms with E-state index in [1.165, 1.54) is 0 Å². The highest BCUT2D eigenvalue weighted by Crippen LogP contribution is 2.31. The second-order valence-electron chi connectivity index (χ2n) is 3.81. The fraction of sp³-hybridized carbons (Fsp3) is 0.600. The molecule has 1 aliphatic rings. The first-order valence-electron chi connectivity index (χ1n) is 4.84. The van der Waals surface area contributed by atoms with Crippen LogP contribution < -0.4 is 5.73 Å². The van der Waals surface area contributed by atoms with Crippen molar-refractivity contribution >= 4 is 0 Å². The Morgan fingerprint density at radius 3 is 2.71 bits per heavy atom. The lowest BCUT2D eigenvalue weighted by molar-refractivity contribution is 0.178. The van der Waals surface area contributed by atoms with E-state index < -0.39 is 0 Å². The molecule has 1 saturated heterocycles. The largest absolute Gasteiger partial charge is 0.380 e. The normalized spacial score (nSPS) is 26.7. The van der Waals surface area contributed by atoms with Crippen LogP contribution in [0.4, 0.5) is 0 Å². The number of aromatic nitrogens is 2. The molecule has 4 heteroatoms. The fourth-order valence-electron chi connectivity index (χ4n) is 1.78. The molecular formula is C10H15N3O. The molecule has 1 fully saturated rings. The average Bonchev–Trinajstić information content (AvgIpc) is 2.68. The van der Waals surface area contributed by atoms with Crippen LogP contribution in [0.2, 0.25) is 0 Å². The third-order valence-electron chi connectivity index (χ3n) is 2.89. The van der Waals surface area contributed by atoms with Gasteiger partial charge in [-0.1, -0.05) is 0 Å². The Hall–Kier alpha value is -1.00. The minimum Gasteiger partial charge on any atom is -0.380 e. The Balaban J connectivity index is 2.31. The Morgan fingerprint density at radius 2 is 2.21 bits per heavy atom. The molecule has 1 aliphatic heterocycles. The van der Waals surface area contributed by atoms with Gasteiger partial charge >= 0.3 is 0 Å². The molecule has 4 nitrogen and oxygen atoms in total. The Labute approximate surface area is 83.5 Å². The van der Waals surface area contributed by atoms with Crippen molar-refractivity contribution in [2.45, 2.75) is 18.8 Å². The summed E-state index contributed by atoms with van der Waals surface area (Å²) >= 11 is 0. The van der Waals surface area contributed by atoms with Crippen molar-refractivity contribution in [1.82, 2.24) is 9.97 Å². The molecular weight excluding hydrogens is 178 g/mol. The van der Waals surface area contributed by atoms with Gasteiger partial charge in [0.1, 0.15) is 5.82 Å². The van der Waals surface area contributed by atoms with Gasteiger partial charge in [-0.2, -0.15) is 0 Å². The van der Waals surface area contributed by atoms with Crippen LogP contribution in [0.1, 0.15) is 17.8 Å². The van der Waals surface area contributed by atoms with Crippen molar-refractivity contribution < 1.29 is 4.74 Å². The summed E-state index contributed by atoms with van der Waals surface area (Å²) in [6.45, 7) is 3.95. The Kier molecular flexibility index (Phi) is 2.48. The van der Waals surface area contributed by atoms with Crippen molar-refractivity contribution in [2.75, 3.05) is 19.8 Å². The second-order valence-corrected chi connectivity index (χ2v) is 3.81. The summed E-state index contributed by atoms with van der Waals surface area (Å²) in [6.07, 6.45) is 4.70. The summed E-state index contributed by atoms with van der Waals surface area (Å²) in [7, 11) is 0. The summed E-state index contributed by atoms with van der Waals surface area (Å²) in [5.41, 5.74) is 6.86. The molecule has 0 amide bonds. The number of hydrogen-bond donors (Lipinski definition) is 1. The lowest BCUT2D eigenvalue weighted by Crippen LogP contribution is -2.35. The van der Waals surface area contributed by atoms with Crippen molar-refractivity contribution in [2.24, 2.45) is 5.73 Å². The molecule has 14 heavy (non-hydrogen) atoms. The Bertz CT molecular complexity index is 304. The lowest BCUT2D eigenvalue weighted by atomic mass is 9.81. The van der Waals surface area contributed by atoms with Gasteiger partial charge in [-0.25, -0.2) is 9.97 Å². The smallest absolute Gasteiger partial charge is 0.125 e. The van der Waals surface area contributed by atoms with E-state index in [0.717, 1.165) is 24.4 Å². The van der Waals surface area contributed by atoms with Crippen molar-refractivity contribution in [3.63, 3.8) is 0 Å². The summed E-state index contributed by atoms with van der Waals surface area (Å²) in [5.74, 6) is 0.792. The van der Waals surface area contributed by atoms with E-state index in [-0.39, 0.29) is 5.41 Å². The van der Waals surface area contributed by atoms with Crippen LogP contribution >= 0.6 is 0 Å². The molecule has 1 aromatic rings. The van der Waals surface area contributed by atoms with Crippen LogP contribution in [0.25, 0.3) is 0 Å². The first kappa shape index (κ1) is 9.55. The molecule has 2 rings (SSSR count). The number of nitrogens with two attached hydrogens (primary N) is 1. The molecule has 2 N–H and O–H groups in total. The third kappa shape index (κ3) is 1.51. The first-order chi connectivity index (χ1) is 6.77. The van der Waals surface area contributed by atoms with Crippen LogP contribution in [0.5, 0.6) is 0 Å². The van der Waals surface area contributed by atoms with Crippen molar-refractivity contribution in [1.29, 1.82) is 0 Å². The molecule has 76 valence electrons. The molecule has 0 bridgehead atoms. The van der Waals surface area contributed by atoms with Crippen LogP contribution in [0, 0.1) is 6.92 Å². The predicted molar refractivity (Wildman–Crippen MR) is 52.9 cm³/mol. The molecule has 0 aromatic carbocycles. The highest BCUT2D eigenvalue weighted by molar-refractivity contribution is 5.21. The maximum atomic E-state index is 5.80. The van der Waals surface area contributed by atoms with Gasteiger partial charge in [-0.15, -0.1) is 0 Å². The topological polar surface area (TPSA) is 61.0 Å². The maximum Gasteiger partial charge on any atom is 0.125 e. The van der Waals surface area contributed by atoms with Gasteiger partial charge < -0.3 is 10.5 Å². The van der Waals surface area contributed by atoms with Crippen molar-refractivity contribution in [3.05, 3.63) is 23.8 Å². The van der Waals surface area contributed by atoms with Gasteiger partial charge in [-0.05, 0) is 18.9 Å². The lowest BCUT2D eigenvalue weighted by Gasteiger charge is -2.24. The molecule has 0 radical (unpaired) electrons. The minimum atomic E-state index is -0.0479. The standard InChI is InChI=1S/C10H15N3O/c1-8-12-4-9(5-13-8)10(6-11)2-3-14-7-10/h4-5H,2-3,6-7,11H2,1H3/t10-/m0/s1. The van der Waals surface area contributed by atoms with Crippen LogP contribution in [0.15, 0.2) is 12.4 Å². The number of nitrogens with zero attached hydrogens (tertiary/aromatic N) is 2. The maximum absolute atomic E-state index is 5.80. The van der Waals surface area contributed by atoms with Gasteiger partial charge in [0.2, 0.25) is 0 Å². The number of ether oxygens (including phenoxy) is 1. The molecule has 0 saturated carbocycles. The van der Waals surface area contributed by atoms with E-state index in [4.69, 9.17) is 10.5 Å². The van der Waals surface area contributed by atoms with Gasteiger partial charge in [0, 0.05) is 31.0 Å². The summed E-state index contributed by atoms with van der Waals surface area (Å²) in [6, 6.07) is 0. The zero-order valence-electron chi connectivity index (χ0n) is 8.36. The van der Waals surface area contributed by atoms with Gasteiger partial charge in [0.25, 0.3) is 0 Å². The van der Waals surface area contributed by atoms with Gasteiger partial charge in [0.15, 0.2) is 0 Å². The highest BCUT2D eigenvalue weighted by atomic mass is 16.5. The van der Waals surface area contributed by atoms with Crippen LogP contribution in [-0.4, -0.2) is 29.7 Å². The van der Waals surface area contributed by atoms with E-state index in [1.54, 1.807) is 0 Å². The quantitative estimate of drug-likeness (QED) is 0.738. The van der Waals surface area contributed by atoms with Crippen molar-refractivity contribution in [3.8, 4) is 0 Å². The van der Waals surface area contributed by atoms with Gasteiger partial charge in [0.05, 0.1) is 6.61 Å². The van der Waals surface area contributed by atoms with E-state index >= 15 is 0 Å². The monoisotopic (exact) mass is 193 g/mol. The first-order valence-corrected chi connectivity index (χ1v) is 4.84. The average molecular weight is 193 g/mol. The number of hydrogen-bond acceptors (Lipinski definition) is 4. The summed E-state index contributed by atoms with van der Waals surface area (Å²) in [4.78, 5) is 8.39. The predicted octanol–water partition coefficient (Wildman–Crippen LogP) is 0.402. The second kappa shape index (κ2) is 3.63. The summed E-state index contributed by atoms with van der Waals surface area (Å²) in [5, 5.41) is 0. The van der Waals surface area contributed by atoms with E-state index in [2.05, 4.69) is 9.97 Å². The number of rotatable bonds is 2. The Morgan fingerprint density at radius 1 is 1.50 bits per heavy atom. The molecule has 2 heterocycles. The fourth-order valence-corrected chi connectivity index (χ4v) is 1.78. The molecule has 1 aromatic heterocycles. The van der Waals surface area contributed by atoms with E-state index in [9.17, 15) is 0 Å². The highest BCUT2D eigenvalue weighted by Gasteiger charge is 2.35. The zero-order chi connectivity index (χ0) is 10.0. The van der Waals surface area contributed by atoms with Crippen LogP contribution in [-0.2, 0) is 10.2 Å². The molecule has 0 spiro atoms. The zero-order valence-corrected chi connectivity index (χ0v) is 8.36. The summed E-state index contributed by atoms with van der Waals surface area (Å²) < 4.78 is 5.40. The SMILES string of the molecule is Cc1ncc([C@]2(CN)CCOC2)cn1.